The van der Waals surface area contributed by atoms with E-state index in [0.29, 0.717) is 13.1 Å². The van der Waals surface area contributed by atoms with Crippen molar-refractivity contribution in [3.63, 3.8) is 0 Å². The van der Waals surface area contributed by atoms with Crippen LogP contribution in [0.3, 0.4) is 0 Å². The highest BCUT2D eigenvalue weighted by molar-refractivity contribution is 14.0. The summed E-state index contributed by atoms with van der Waals surface area (Å²) in [5.41, 5.74) is 1.89. The van der Waals surface area contributed by atoms with Gasteiger partial charge >= 0.3 is 0 Å². The summed E-state index contributed by atoms with van der Waals surface area (Å²) in [6, 6.07) is 3.77. The van der Waals surface area contributed by atoms with Crippen molar-refractivity contribution in [3.05, 3.63) is 36.0 Å². The van der Waals surface area contributed by atoms with Crippen LogP contribution in [0.5, 0.6) is 0 Å². The van der Waals surface area contributed by atoms with E-state index in [1.807, 2.05) is 24.7 Å². The van der Waals surface area contributed by atoms with Gasteiger partial charge in [-0.1, -0.05) is 5.16 Å². The van der Waals surface area contributed by atoms with Gasteiger partial charge in [-0.2, -0.15) is 5.10 Å². The molecule has 0 saturated heterocycles. The number of rotatable bonds is 5. The first-order chi connectivity index (χ1) is 9.29. The molecule has 20 heavy (non-hydrogen) atoms. The molecule has 7 nitrogen and oxygen atoms in total. The third kappa shape index (κ3) is 4.83. The van der Waals surface area contributed by atoms with Gasteiger partial charge in [0.25, 0.3) is 0 Å². The molecule has 0 amide bonds. The van der Waals surface area contributed by atoms with Crippen LogP contribution >= 0.6 is 24.0 Å². The van der Waals surface area contributed by atoms with Gasteiger partial charge in [0.2, 0.25) is 0 Å². The Bertz CT molecular complexity index is 522. The minimum atomic E-state index is 0. The zero-order valence-corrected chi connectivity index (χ0v) is 13.9. The number of nitrogens with one attached hydrogen (secondary N) is 2. The van der Waals surface area contributed by atoms with Crippen molar-refractivity contribution < 1.29 is 4.52 Å². The van der Waals surface area contributed by atoms with Crippen molar-refractivity contribution in [2.45, 2.75) is 20.0 Å². The zero-order chi connectivity index (χ0) is 13.5. The largest absolute Gasteiger partial charge is 0.364 e. The molecule has 110 valence electrons. The van der Waals surface area contributed by atoms with Gasteiger partial charge in [-0.25, -0.2) is 4.99 Å². The van der Waals surface area contributed by atoms with Gasteiger partial charge < -0.3 is 15.2 Å². The Hall–Kier alpha value is -1.58. The van der Waals surface area contributed by atoms with E-state index in [1.54, 1.807) is 18.5 Å². The molecule has 0 aliphatic carbocycles. The van der Waals surface area contributed by atoms with Crippen molar-refractivity contribution in [1.29, 1.82) is 0 Å². The van der Waals surface area contributed by atoms with Gasteiger partial charge in [0.15, 0.2) is 5.96 Å². The number of aryl methyl sites for hydroxylation is 1. The van der Waals surface area contributed by atoms with Gasteiger partial charge in [0.05, 0.1) is 18.8 Å². The van der Waals surface area contributed by atoms with Crippen LogP contribution in [0.15, 0.2) is 34.1 Å². The van der Waals surface area contributed by atoms with Gasteiger partial charge in [0, 0.05) is 25.9 Å². The molecular weight excluding hydrogens is 371 g/mol. The van der Waals surface area contributed by atoms with Gasteiger partial charge in [-0.05, 0) is 13.0 Å². The summed E-state index contributed by atoms with van der Waals surface area (Å²) in [4.78, 5) is 4.43. The van der Waals surface area contributed by atoms with Crippen molar-refractivity contribution in [1.82, 2.24) is 25.6 Å². The molecule has 0 aliphatic rings. The Morgan fingerprint density at radius 2 is 2.25 bits per heavy atom. The number of guanidine groups is 1. The monoisotopic (exact) mass is 390 g/mol. The predicted molar refractivity (Wildman–Crippen MR) is 86.8 cm³/mol. The number of nitrogens with zero attached hydrogens (tertiary/aromatic N) is 4. The summed E-state index contributed by atoms with van der Waals surface area (Å²) in [5, 5.41) is 14.4. The lowest BCUT2D eigenvalue weighted by atomic mass is 10.4. The molecule has 0 saturated carbocycles. The van der Waals surface area contributed by atoms with E-state index >= 15 is 0 Å². The van der Waals surface area contributed by atoms with Crippen LogP contribution in [-0.2, 0) is 20.1 Å². The first-order valence-corrected chi connectivity index (χ1v) is 6.18. The molecule has 2 heterocycles. The normalized spacial score (nSPS) is 11.0. The smallest absolute Gasteiger partial charge is 0.191 e. The average Bonchev–Trinajstić information content (AvgIpc) is 3.04. The van der Waals surface area contributed by atoms with Crippen molar-refractivity contribution in [3.8, 4) is 0 Å². The zero-order valence-electron chi connectivity index (χ0n) is 11.5. The van der Waals surface area contributed by atoms with Crippen molar-refractivity contribution >= 4 is 29.9 Å². The van der Waals surface area contributed by atoms with E-state index in [4.69, 9.17) is 4.52 Å². The van der Waals surface area contributed by atoms with Gasteiger partial charge in [-0.3, -0.25) is 4.68 Å². The van der Waals surface area contributed by atoms with Crippen LogP contribution in [0.1, 0.15) is 18.3 Å². The third-order valence-electron chi connectivity index (χ3n) is 2.59. The number of hydrogen-bond donors (Lipinski definition) is 2. The molecular formula is C12H19IN6O. The molecule has 8 heteroatoms. The molecule has 2 rings (SSSR count). The van der Waals surface area contributed by atoms with Crippen molar-refractivity contribution in [2.75, 3.05) is 6.54 Å². The highest BCUT2D eigenvalue weighted by atomic mass is 127. The molecule has 0 unspecified atom stereocenters. The fourth-order valence-electron chi connectivity index (χ4n) is 1.57. The topological polar surface area (TPSA) is 80.3 Å². The number of aromatic nitrogens is 3. The van der Waals surface area contributed by atoms with Crippen LogP contribution in [-0.4, -0.2) is 27.4 Å². The van der Waals surface area contributed by atoms with Gasteiger partial charge in [-0.15, -0.1) is 24.0 Å². The fraction of sp³-hybridized carbons (Fsp3) is 0.417. The minimum Gasteiger partial charge on any atom is -0.364 e. The number of hydrogen-bond acceptors (Lipinski definition) is 4. The lowest BCUT2D eigenvalue weighted by Crippen LogP contribution is -2.37. The maximum atomic E-state index is 4.77. The second kappa shape index (κ2) is 8.56. The van der Waals surface area contributed by atoms with Crippen LogP contribution in [0.25, 0.3) is 0 Å². The van der Waals surface area contributed by atoms with Gasteiger partial charge in [0.1, 0.15) is 12.0 Å². The Labute approximate surface area is 134 Å². The fourth-order valence-corrected chi connectivity index (χ4v) is 1.57. The first kappa shape index (κ1) is 16.5. The SMILES string of the molecule is CCNC(=NCc1ccon1)NCc1ccnn1C.I. The Morgan fingerprint density at radius 3 is 2.85 bits per heavy atom. The molecule has 2 aromatic heterocycles. The summed E-state index contributed by atoms with van der Waals surface area (Å²) in [6.45, 7) is 3.98. The maximum absolute atomic E-state index is 4.77. The molecule has 0 aromatic carbocycles. The lowest BCUT2D eigenvalue weighted by Gasteiger charge is -2.10. The third-order valence-corrected chi connectivity index (χ3v) is 2.59. The summed E-state index contributed by atoms with van der Waals surface area (Å²) in [7, 11) is 1.91. The van der Waals surface area contributed by atoms with Crippen LogP contribution in [0.4, 0.5) is 0 Å². The first-order valence-electron chi connectivity index (χ1n) is 6.18. The van der Waals surface area contributed by atoms with Crippen molar-refractivity contribution in [2.24, 2.45) is 12.0 Å². The Morgan fingerprint density at radius 1 is 1.40 bits per heavy atom. The molecule has 0 fully saturated rings. The Kier molecular flexibility index (Phi) is 7.05. The highest BCUT2D eigenvalue weighted by Crippen LogP contribution is 1.97. The molecule has 2 N–H and O–H groups in total. The quantitative estimate of drug-likeness (QED) is 0.457. The van der Waals surface area contributed by atoms with E-state index in [9.17, 15) is 0 Å². The van der Waals surface area contributed by atoms with E-state index in [-0.39, 0.29) is 24.0 Å². The minimum absolute atomic E-state index is 0. The van der Waals surface area contributed by atoms with Crippen LogP contribution in [0, 0.1) is 0 Å². The lowest BCUT2D eigenvalue weighted by molar-refractivity contribution is 0.412. The number of halogens is 1. The van der Waals surface area contributed by atoms with E-state index in [2.05, 4.69) is 25.9 Å². The van der Waals surface area contributed by atoms with E-state index in [0.717, 1.165) is 23.9 Å². The summed E-state index contributed by atoms with van der Waals surface area (Å²) < 4.78 is 6.60. The molecule has 0 spiro atoms. The Balaban J connectivity index is 0.00000200. The molecule has 2 aromatic rings. The second-order valence-corrected chi connectivity index (χ2v) is 3.99. The summed E-state index contributed by atoms with van der Waals surface area (Å²) in [6.07, 6.45) is 3.32. The summed E-state index contributed by atoms with van der Waals surface area (Å²) >= 11 is 0. The molecule has 0 bridgehead atoms. The number of aliphatic imine (C=N–C) groups is 1. The van der Waals surface area contributed by atoms with E-state index in [1.165, 1.54) is 0 Å². The second-order valence-electron chi connectivity index (χ2n) is 3.99. The average molecular weight is 390 g/mol. The van der Waals surface area contributed by atoms with Crippen LogP contribution < -0.4 is 10.6 Å². The molecule has 0 aliphatic heterocycles. The molecule has 0 radical (unpaired) electrons. The summed E-state index contributed by atoms with van der Waals surface area (Å²) in [5.74, 6) is 0.742. The van der Waals surface area contributed by atoms with E-state index < -0.39 is 0 Å². The standard InChI is InChI=1S/C12H18N6O.HI/c1-3-13-12(14-8-10-5-7-19-17-10)15-9-11-4-6-16-18(11)2;/h4-7H,3,8-9H2,1-2H3,(H2,13,14,15);1H. The molecule has 0 atom stereocenters. The predicted octanol–water partition coefficient (Wildman–Crippen LogP) is 1.28. The van der Waals surface area contributed by atoms with Crippen LogP contribution in [0.2, 0.25) is 0 Å². The maximum Gasteiger partial charge on any atom is 0.191 e. The highest BCUT2D eigenvalue weighted by Gasteiger charge is 2.02.